The van der Waals surface area contributed by atoms with E-state index in [2.05, 4.69) is 43.8 Å². The number of benzene rings is 2. The molecule has 21 heteroatoms. The summed E-state index contributed by atoms with van der Waals surface area (Å²) in [6.45, 7) is 8.04. The average molecular weight is 880 g/mol. The maximum atomic E-state index is 12.4. The standard InChI is InChI=1S/C14H17N3O2S2.C13H15N3O2S2.C8H13N3O2S2/c1-11-10-12(17-7-2-3-8-17)4-5-13(11)21(18,19)16-14-15-6-9-20-14;17-20(18,11-6-2-1-3-7-11)15-13-14-10-12(19-13)16-8-4-5-9-16;1-15(12,13)10-8-9-6-7(14-8)11-4-2-3-5-11/h4-6,9-10H,2-3,7-8H2,1H3,(H,15,16);1-3,6-7,10H,4-5,8-9H2,(H,14,15);6H,2-5H2,1H3,(H,9,10). The molecular weight excluding hydrogens is 835 g/mol. The second-order valence-corrected chi connectivity index (χ2v) is 21.3. The zero-order chi connectivity index (χ0) is 39.8. The van der Waals surface area contributed by atoms with E-state index in [0.717, 1.165) is 66.8 Å². The number of hydrogen-bond donors (Lipinski definition) is 3. The van der Waals surface area contributed by atoms with E-state index in [0.29, 0.717) is 20.3 Å². The topological polar surface area (TPSA) is 187 Å². The van der Waals surface area contributed by atoms with Crippen molar-refractivity contribution in [3.63, 3.8) is 0 Å². The predicted octanol–water partition coefficient (Wildman–Crippen LogP) is 6.51. The van der Waals surface area contributed by atoms with Crippen molar-refractivity contribution in [2.45, 2.75) is 55.2 Å². The molecule has 0 spiro atoms. The number of thiazole rings is 3. The summed E-state index contributed by atoms with van der Waals surface area (Å²) in [7, 11) is -10.3. The molecule has 0 amide bonds. The van der Waals surface area contributed by atoms with Gasteiger partial charge in [-0.3, -0.25) is 14.2 Å². The first-order valence-corrected chi connectivity index (χ1v) is 25.4. The summed E-state index contributed by atoms with van der Waals surface area (Å²) in [6.07, 6.45) is 13.3. The number of hydrogen-bond acceptors (Lipinski definition) is 15. The van der Waals surface area contributed by atoms with E-state index in [1.54, 1.807) is 60.4 Å². The summed E-state index contributed by atoms with van der Waals surface area (Å²) in [4.78, 5) is 19.5. The van der Waals surface area contributed by atoms with E-state index in [1.165, 1.54) is 72.5 Å². The van der Waals surface area contributed by atoms with Gasteiger partial charge in [0.05, 0.1) is 28.4 Å². The number of aryl methyl sites for hydroxylation is 1. The minimum absolute atomic E-state index is 0.248. The van der Waals surface area contributed by atoms with Gasteiger partial charge in [-0.05, 0) is 81.3 Å². The highest BCUT2D eigenvalue weighted by Gasteiger charge is 2.22. The number of sulfonamides is 3. The van der Waals surface area contributed by atoms with Gasteiger partial charge in [0, 0.05) is 56.5 Å². The molecule has 2 aromatic carbocycles. The van der Waals surface area contributed by atoms with Crippen LogP contribution in [-0.4, -0.2) is 85.7 Å². The molecule has 5 aromatic rings. The lowest BCUT2D eigenvalue weighted by Crippen LogP contribution is -2.19. The highest BCUT2D eigenvalue weighted by molar-refractivity contribution is 7.93. The van der Waals surface area contributed by atoms with Crippen molar-refractivity contribution < 1.29 is 25.3 Å². The van der Waals surface area contributed by atoms with Crippen molar-refractivity contribution in [3.8, 4) is 0 Å². The molecule has 3 aromatic heterocycles. The Balaban J connectivity index is 0.000000145. The molecular formula is C35H45N9O6S6. The monoisotopic (exact) mass is 879 g/mol. The molecule has 0 radical (unpaired) electrons. The van der Waals surface area contributed by atoms with E-state index in [4.69, 9.17) is 0 Å². The van der Waals surface area contributed by atoms with Gasteiger partial charge >= 0.3 is 0 Å². The van der Waals surface area contributed by atoms with Crippen LogP contribution in [0.1, 0.15) is 44.1 Å². The third-order valence-corrected chi connectivity index (χ3v) is 15.4. The second kappa shape index (κ2) is 18.5. The van der Waals surface area contributed by atoms with E-state index in [1.807, 2.05) is 19.1 Å². The van der Waals surface area contributed by atoms with E-state index < -0.39 is 30.1 Å². The Morgan fingerprint density at radius 3 is 1.62 bits per heavy atom. The van der Waals surface area contributed by atoms with Crippen LogP contribution in [0.25, 0.3) is 0 Å². The van der Waals surface area contributed by atoms with E-state index >= 15 is 0 Å². The molecule has 0 bridgehead atoms. The molecule has 3 aliphatic heterocycles. The molecule has 15 nitrogen and oxygen atoms in total. The summed E-state index contributed by atoms with van der Waals surface area (Å²) in [5.41, 5.74) is 1.85. The van der Waals surface area contributed by atoms with Gasteiger partial charge in [0.15, 0.2) is 15.4 Å². The van der Waals surface area contributed by atoms with E-state index in [-0.39, 0.29) is 4.90 Å². The van der Waals surface area contributed by atoms with Gasteiger partial charge < -0.3 is 14.7 Å². The smallest absolute Gasteiger partial charge is 0.263 e. The van der Waals surface area contributed by atoms with Crippen LogP contribution >= 0.6 is 34.0 Å². The number of anilines is 6. The van der Waals surface area contributed by atoms with Gasteiger partial charge in [-0.25, -0.2) is 40.2 Å². The zero-order valence-electron chi connectivity index (χ0n) is 31.0. The molecule has 3 saturated heterocycles. The average Bonchev–Trinajstić information content (AvgIpc) is 4.00. The first-order valence-electron chi connectivity index (χ1n) is 18.0. The van der Waals surface area contributed by atoms with Crippen molar-refractivity contribution in [2.24, 2.45) is 0 Å². The molecule has 0 saturated carbocycles. The Bertz CT molecular complexity index is 2350. The van der Waals surface area contributed by atoms with Crippen molar-refractivity contribution in [3.05, 3.63) is 78.1 Å². The molecule has 0 atom stereocenters. The Kier molecular flexibility index (Phi) is 13.7. The minimum atomic E-state index is -3.57. The van der Waals surface area contributed by atoms with Crippen LogP contribution in [0.5, 0.6) is 0 Å². The van der Waals surface area contributed by atoms with E-state index in [9.17, 15) is 25.3 Å². The third kappa shape index (κ3) is 11.5. The lowest BCUT2D eigenvalue weighted by Gasteiger charge is -2.19. The van der Waals surface area contributed by atoms with Crippen molar-refractivity contribution in [1.82, 2.24) is 15.0 Å². The maximum absolute atomic E-state index is 12.4. The summed E-state index contributed by atoms with van der Waals surface area (Å²) in [5, 5.41) is 5.04. The lowest BCUT2D eigenvalue weighted by molar-refractivity contribution is 0.599. The molecule has 56 heavy (non-hydrogen) atoms. The van der Waals surface area contributed by atoms with Crippen LogP contribution < -0.4 is 28.9 Å². The maximum Gasteiger partial charge on any atom is 0.263 e. The van der Waals surface area contributed by atoms with Crippen LogP contribution in [0.3, 0.4) is 0 Å². The fraction of sp³-hybridized carbons (Fsp3) is 0.400. The Morgan fingerprint density at radius 2 is 1.12 bits per heavy atom. The largest absolute Gasteiger partial charge is 0.372 e. The summed E-state index contributed by atoms with van der Waals surface area (Å²) in [5.74, 6) is 0. The Labute approximate surface area is 341 Å². The highest BCUT2D eigenvalue weighted by atomic mass is 32.2. The van der Waals surface area contributed by atoms with Crippen LogP contribution in [0.15, 0.2) is 82.3 Å². The molecule has 0 unspecified atom stereocenters. The third-order valence-electron chi connectivity index (χ3n) is 8.94. The first-order chi connectivity index (χ1) is 26.8. The van der Waals surface area contributed by atoms with Crippen molar-refractivity contribution >= 4 is 95.2 Å². The quantitative estimate of drug-likeness (QED) is 0.131. The molecule has 0 aliphatic carbocycles. The summed E-state index contributed by atoms with van der Waals surface area (Å²) in [6, 6.07) is 13.8. The van der Waals surface area contributed by atoms with Gasteiger partial charge in [-0.1, -0.05) is 40.9 Å². The normalized spacial score (nSPS) is 15.9. The fourth-order valence-electron chi connectivity index (χ4n) is 6.28. The Hall–Kier alpha value is -4.02. The predicted molar refractivity (Wildman–Crippen MR) is 228 cm³/mol. The zero-order valence-corrected chi connectivity index (χ0v) is 35.9. The molecule has 3 aliphatic rings. The van der Waals surface area contributed by atoms with Crippen molar-refractivity contribution in [1.29, 1.82) is 0 Å². The van der Waals surface area contributed by atoms with Gasteiger partial charge in [-0.2, -0.15) is 0 Å². The fourth-order valence-corrected chi connectivity index (χ4v) is 12.1. The molecule has 3 fully saturated rings. The molecule has 8 rings (SSSR count). The molecule has 302 valence electrons. The van der Waals surface area contributed by atoms with Gasteiger partial charge in [-0.15, -0.1) is 11.3 Å². The second-order valence-electron chi connectivity index (χ2n) is 13.3. The SMILES string of the molecule is CS(=O)(=O)Nc1ncc(N2CCCC2)s1.Cc1cc(N2CCCC2)ccc1S(=O)(=O)Nc1nccs1.O=S(=O)(Nc1ncc(N2CCCC2)s1)c1ccccc1. The van der Waals surface area contributed by atoms with Crippen LogP contribution in [0, 0.1) is 6.92 Å². The summed E-state index contributed by atoms with van der Waals surface area (Å²) < 4.78 is 78.5. The number of nitrogens with one attached hydrogen (secondary N) is 3. The minimum Gasteiger partial charge on any atom is -0.372 e. The van der Waals surface area contributed by atoms with Crippen LogP contribution in [-0.2, 0) is 30.1 Å². The van der Waals surface area contributed by atoms with Gasteiger partial charge in [0.25, 0.3) is 20.0 Å². The Morgan fingerprint density at radius 1 is 0.607 bits per heavy atom. The van der Waals surface area contributed by atoms with Crippen LogP contribution in [0.4, 0.5) is 31.1 Å². The summed E-state index contributed by atoms with van der Waals surface area (Å²) >= 11 is 4.02. The first kappa shape index (κ1) is 41.6. The number of nitrogens with zero attached hydrogens (tertiary/aromatic N) is 6. The van der Waals surface area contributed by atoms with Crippen molar-refractivity contribution in [2.75, 3.05) is 74.4 Å². The lowest BCUT2D eigenvalue weighted by atomic mass is 10.2. The number of rotatable bonds is 11. The highest BCUT2D eigenvalue weighted by Crippen LogP contribution is 2.32. The number of aromatic nitrogens is 3. The van der Waals surface area contributed by atoms with Crippen LogP contribution in [0.2, 0.25) is 0 Å². The van der Waals surface area contributed by atoms with Gasteiger partial charge in [0.1, 0.15) is 10.0 Å². The van der Waals surface area contributed by atoms with Gasteiger partial charge in [0.2, 0.25) is 10.0 Å². The molecule has 3 N–H and O–H groups in total. The molecule has 6 heterocycles.